The van der Waals surface area contributed by atoms with Crippen molar-refractivity contribution in [1.82, 2.24) is 10.2 Å². The molecule has 2 N–H and O–H groups in total. The molecular formula is C18H27N3O2. The van der Waals surface area contributed by atoms with E-state index in [0.29, 0.717) is 11.3 Å². The van der Waals surface area contributed by atoms with E-state index in [9.17, 15) is 9.59 Å². The second-order valence-electron chi connectivity index (χ2n) is 6.05. The van der Waals surface area contributed by atoms with E-state index in [1.165, 1.54) is 6.42 Å². The van der Waals surface area contributed by atoms with Crippen LogP contribution in [-0.2, 0) is 0 Å². The summed E-state index contributed by atoms with van der Waals surface area (Å²) in [6.45, 7) is 5.75. The second kappa shape index (κ2) is 8.56. The number of rotatable bonds is 5. The molecule has 5 nitrogen and oxygen atoms in total. The highest BCUT2D eigenvalue weighted by atomic mass is 16.2. The average molecular weight is 317 g/mol. The highest BCUT2D eigenvalue weighted by Gasteiger charge is 2.18. The van der Waals surface area contributed by atoms with Crippen LogP contribution in [0.4, 0.5) is 10.5 Å². The highest BCUT2D eigenvalue weighted by molar-refractivity contribution is 5.97. The van der Waals surface area contributed by atoms with Crippen molar-refractivity contribution in [2.45, 2.75) is 52.0 Å². The first-order valence-corrected chi connectivity index (χ1v) is 8.61. The maximum absolute atomic E-state index is 12.5. The van der Waals surface area contributed by atoms with Crippen LogP contribution in [0.25, 0.3) is 0 Å². The van der Waals surface area contributed by atoms with Crippen LogP contribution in [0.5, 0.6) is 0 Å². The number of anilines is 1. The molecule has 0 atom stereocenters. The van der Waals surface area contributed by atoms with Crippen molar-refractivity contribution in [1.29, 1.82) is 0 Å². The Morgan fingerprint density at radius 1 is 1.13 bits per heavy atom. The van der Waals surface area contributed by atoms with Crippen LogP contribution < -0.4 is 10.6 Å². The van der Waals surface area contributed by atoms with Gasteiger partial charge in [-0.3, -0.25) is 4.79 Å². The van der Waals surface area contributed by atoms with Gasteiger partial charge in [-0.05, 0) is 50.3 Å². The third kappa shape index (κ3) is 4.98. The number of piperidine rings is 1. The first-order chi connectivity index (χ1) is 11.1. The minimum absolute atomic E-state index is 0.0498. The molecule has 1 fully saturated rings. The van der Waals surface area contributed by atoms with Crippen molar-refractivity contribution in [2.75, 3.05) is 18.4 Å². The van der Waals surface area contributed by atoms with Crippen molar-refractivity contribution in [3.63, 3.8) is 0 Å². The topological polar surface area (TPSA) is 61.4 Å². The monoisotopic (exact) mass is 317 g/mol. The van der Waals surface area contributed by atoms with Crippen molar-refractivity contribution >= 4 is 17.6 Å². The van der Waals surface area contributed by atoms with Gasteiger partial charge in [0.05, 0.1) is 0 Å². The van der Waals surface area contributed by atoms with E-state index in [2.05, 4.69) is 10.6 Å². The third-order valence-corrected chi connectivity index (χ3v) is 4.33. The summed E-state index contributed by atoms with van der Waals surface area (Å²) < 4.78 is 0. The van der Waals surface area contributed by atoms with E-state index in [1.807, 2.05) is 24.8 Å². The van der Waals surface area contributed by atoms with Crippen molar-refractivity contribution in [2.24, 2.45) is 0 Å². The van der Waals surface area contributed by atoms with Gasteiger partial charge in [-0.15, -0.1) is 0 Å². The molecule has 1 aromatic carbocycles. The molecule has 0 radical (unpaired) electrons. The Bertz CT molecular complexity index is 535. The van der Waals surface area contributed by atoms with E-state index >= 15 is 0 Å². The van der Waals surface area contributed by atoms with Crippen LogP contribution in [0.3, 0.4) is 0 Å². The van der Waals surface area contributed by atoms with Gasteiger partial charge in [-0.2, -0.15) is 0 Å². The Morgan fingerprint density at radius 3 is 2.48 bits per heavy atom. The number of carbonyl (C=O) groups excluding carboxylic acids is 2. The first kappa shape index (κ1) is 17.3. The van der Waals surface area contributed by atoms with Crippen LogP contribution in [0.1, 0.15) is 56.3 Å². The molecule has 1 saturated heterocycles. The molecule has 1 aliphatic rings. The molecule has 5 heteroatoms. The molecule has 0 saturated carbocycles. The number of carbonyl (C=O) groups is 2. The van der Waals surface area contributed by atoms with Crippen molar-refractivity contribution in [3.05, 3.63) is 29.8 Å². The Balaban J connectivity index is 1.98. The van der Waals surface area contributed by atoms with E-state index in [-0.39, 0.29) is 18.0 Å². The standard InChI is InChI=1S/C18H27N3O2/c1-3-15(4-2)19-18(23)20-16-10-8-9-14(13-16)17(22)21-11-6-5-7-12-21/h8-10,13,15H,3-7,11-12H2,1-2H3,(H2,19,20,23). The van der Waals surface area contributed by atoms with E-state index < -0.39 is 0 Å². The zero-order valence-corrected chi connectivity index (χ0v) is 14.1. The first-order valence-electron chi connectivity index (χ1n) is 8.61. The Morgan fingerprint density at radius 2 is 1.83 bits per heavy atom. The Labute approximate surface area is 138 Å². The predicted molar refractivity (Wildman–Crippen MR) is 92.7 cm³/mol. The normalized spacial score (nSPS) is 14.7. The summed E-state index contributed by atoms with van der Waals surface area (Å²) >= 11 is 0. The lowest BCUT2D eigenvalue weighted by Gasteiger charge is -2.26. The van der Waals surface area contributed by atoms with Crippen LogP contribution >= 0.6 is 0 Å². The smallest absolute Gasteiger partial charge is 0.319 e. The fourth-order valence-corrected chi connectivity index (χ4v) is 2.85. The van der Waals surface area contributed by atoms with Gasteiger partial charge >= 0.3 is 6.03 Å². The molecule has 0 unspecified atom stereocenters. The summed E-state index contributed by atoms with van der Waals surface area (Å²) in [5.41, 5.74) is 1.28. The molecule has 1 heterocycles. The molecule has 126 valence electrons. The summed E-state index contributed by atoms with van der Waals surface area (Å²) in [4.78, 5) is 26.4. The SMILES string of the molecule is CCC(CC)NC(=O)Nc1cccc(C(=O)N2CCCCC2)c1. The van der Waals surface area contributed by atoms with Crippen molar-refractivity contribution < 1.29 is 9.59 Å². The van der Waals surface area contributed by atoms with Gasteiger partial charge in [0.25, 0.3) is 5.91 Å². The number of hydrogen-bond donors (Lipinski definition) is 2. The number of nitrogens with zero attached hydrogens (tertiary/aromatic N) is 1. The lowest BCUT2D eigenvalue weighted by Crippen LogP contribution is -2.37. The summed E-state index contributed by atoms with van der Waals surface area (Å²) in [6.07, 6.45) is 5.14. The van der Waals surface area contributed by atoms with Crippen LogP contribution in [-0.4, -0.2) is 36.0 Å². The molecule has 0 bridgehead atoms. The van der Waals surface area contributed by atoms with Crippen LogP contribution in [0.15, 0.2) is 24.3 Å². The molecule has 23 heavy (non-hydrogen) atoms. The predicted octanol–water partition coefficient (Wildman–Crippen LogP) is 3.62. The van der Waals surface area contributed by atoms with Crippen LogP contribution in [0, 0.1) is 0 Å². The summed E-state index contributed by atoms with van der Waals surface area (Å²) in [5.74, 6) is 0.0498. The molecule has 1 aromatic rings. The largest absolute Gasteiger partial charge is 0.339 e. The van der Waals surface area contributed by atoms with E-state index in [0.717, 1.165) is 38.8 Å². The molecular weight excluding hydrogens is 290 g/mol. The summed E-state index contributed by atoms with van der Waals surface area (Å²) in [6, 6.07) is 7.13. The third-order valence-electron chi connectivity index (χ3n) is 4.33. The number of hydrogen-bond acceptors (Lipinski definition) is 2. The summed E-state index contributed by atoms with van der Waals surface area (Å²) in [7, 11) is 0. The lowest BCUT2D eigenvalue weighted by atomic mass is 10.1. The maximum Gasteiger partial charge on any atom is 0.319 e. The van der Waals surface area contributed by atoms with Gasteiger partial charge in [0.15, 0.2) is 0 Å². The van der Waals surface area contributed by atoms with Gasteiger partial charge < -0.3 is 15.5 Å². The van der Waals surface area contributed by atoms with Gasteiger partial charge in [-0.25, -0.2) is 4.79 Å². The lowest BCUT2D eigenvalue weighted by molar-refractivity contribution is 0.0724. The molecule has 0 aliphatic carbocycles. The number of benzene rings is 1. The highest BCUT2D eigenvalue weighted by Crippen LogP contribution is 2.16. The van der Waals surface area contributed by atoms with E-state index in [4.69, 9.17) is 0 Å². The molecule has 2 rings (SSSR count). The number of likely N-dealkylation sites (tertiary alicyclic amines) is 1. The molecule has 3 amide bonds. The summed E-state index contributed by atoms with van der Waals surface area (Å²) in [5, 5.41) is 5.75. The van der Waals surface area contributed by atoms with Crippen LogP contribution in [0.2, 0.25) is 0 Å². The number of amides is 3. The quantitative estimate of drug-likeness (QED) is 0.871. The second-order valence-corrected chi connectivity index (χ2v) is 6.05. The fraction of sp³-hybridized carbons (Fsp3) is 0.556. The van der Waals surface area contributed by atoms with Gasteiger partial charge in [0.1, 0.15) is 0 Å². The van der Waals surface area contributed by atoms with Gasteiger partial charge in [0, 0.05) is 30.4 Å². The van der Waals surface area contributed by atoms with Crippen molar-refractivity contribution in [3.8, 4) is 0 Å². The minimum Gasteiger partial charge on any atom is -0.339 e. The van der Waals surface area contributed by atoms with Gasteiger partial charge in [0.2, 0.25) is 0 Å². The molecule has 0 aromatic heterocycles. The number of urea groups is 1. The fourth-order valence-electron chi connectivity index (χ4n) is 2.85. The Hall–Kier alpha value is -2.04. The molecule has 1 aliphatic heterocycles. The number of nitrogens with one attached hydrogen (secondary N) is 2. The zero-order valence-electron chi connectivity index (χ0n) is 14.1. The molecule has 0 spiro atoms. The van der Waals surface area contributed by atoms with Gasteiger partial charge in [-0.1, -0.05) is 19.9 Å². The zero-order chi connectivity index (χ0) is 16.7. The minimum atomic E-state index is -0.221. The average Bonchev–Trinajstić information content (AvgIpc) is 2.60. The van der Waals surface area contributed by atoms with E-state index in [1.54, 1.807) is 18.2 Å². The Kier molecular flexibility index (Phi) is 6.44. The maximum atomic E-state index is 12.5.